The summed E-state index contributed by atoms with van der Waals surface area (Å²) in [5.41, 5.74) is 2.12. The number of aromatic nitrogens is 3. The van der Waals surface area contributed by atoms with E-state index in [9.17, 15) is 14.7 Å². The summed E-state index contributed by atoms with van der Waals surface area (Å²) in [6.07, 6.45) is 1.49. The molecular formula is C28H34N6O5S. The minimum absolute atomic E-state index is 0.0749. The van der Waals surface area contributed by atoms with E-state index in [2.05, 4.69) is 20.3 Å². The van der Waals surface area contributed by atoms with Crippen molar-refractivity contribution in [2.45, 2.75) is 52.3 Å². The van der Waals surface area contributed by atoms with Crippen molar-refractivity contribution in [2.24, 2.45) is 7.05 Å². The SMILES string of the molecule is COc1nc2c(C(=O)Nc3cc4cn(C)nc4cc3O)ccc(N3C[C@H](C)N(C(=O)OC(C)(C)C)[C@@H](C)C3)c2s1. The first-order valence-corrected chi connectivity index (χ1v) is 13.9. The van der Waals surface area contributed by atoms with Crippen LogP contribution in [0.5, 0.6) is 10.9 Å². The number of nitrogens with one attached hydrogen (secondary N) is 1. The van der Waals surface area contributed by atoms with Crippen LogP contribution >= 0.6 is 11.3 Å². The second-order valence-corrected chi connectivity index (χ2v) is 12.1. The minimum atomic E-state index is -0.573. The summed E-state index contributed by atoms with van der Waals surface area (Å²) < 4.78 is 13.5. The molecule has 1 aliphatic rings. The Balaban J connectivity index is 1.44. The predicted octanol–water partition coefficient (Wildman–Crippen LogP) is 4.98. The Morgan fingerprint density at radius 3 is 2.50 bits per heavy atom. The Morgan fingerprint density at radius 2 is 1.85 bits per heavy atom. The molecule has 3 heterocycles. The highest BCUT2D eigenvalue weighted by molar-refractivity contribution is 7.21. The van der Waals surface area contributed by atoms with Gasteiger partial charge < -0.3 is 24.8 Å². The summed E-state index contributed by atoms with van der Waals surface area (Å²) in [5.74, 6) is -0.478. The van der Waals surface area contributed by atoms with Crippen LogP contribution in [0.25, 0.3) is 21.1 Å². The highest BCUT2D eigenvalue weighted by Crippen LogP contribution is 2.39. The number of methoxy groups -OCH3 is 1. The smallest absolute Gasteiger partial charge is 0.410 e. The first kappa shape index (κ1) is 27.5. The molecule has 40 heavy (non-hydrogen) atoms. The Bertz CT molecular complexity index is 1590. The van der Waals surface area contributed by atoms with Crippen molar-refractivity contribution >= 4 is 55.8 Å². The number of fused-ring (bicyclic) bond motifs is 2. The van der Waals surface area contributed by atoms with E-state index in [0.717, 1.165) is 15.8 Å². The number of aromatic hydroxyl groups is 1. The summed E-state index contributed by atoms with van der Waals surface area (Å²) in [6.45, 7) is 10.8. The number of ether oxygens (including phenoxy) is 2. The van der Waals surface area contributed by atoms with Gasteiger partial charge in [0.15, 0.2) is 0 Å². The van der Waals surface area contributed by atoms with Crippen LogP contribution < -0.4 is 15.0 Å². The van der Waals surface area contributed by atoms with Crippen LogP contribution in [-0.4, -0.2) is 74.7 Å². The van der Waals surface area contributed by atoms with Crippen LogP contribution in [0.15, 0.2) is 30.5 Å². The van der Waals surface area contributed by atoms with Gasteiger partial charge in [0.05, 0.1) is 46.3 Å². The van der Waals surface area contributed by atoms with Gasteiger partial charge >= 0.3 is 6.09 Å². The summed E-state index contributed by atoms with van der Waals surface area (Å²) in [4.78, 5) is 34.9. The maximum absolute atomic E-state index is 13.5. The molecule has 1 aliphatic heterocycles. The number of nitrogens with zero attached hydrogens (tertiary/aromatic N) is 5. The highest BCUT2D eigenvalue weighted by Gasteiger charge is 2.36. The Morgan fingerprint density at radius 1 is 1.15 bits per heavy atom. The van der Waals surface area contributed by atoms with Crippen molar-refractivity contribution in [3.63, 3.8) is 0 Å². The molecule has 12 heteroatoms. The van der Waals surface area contributed by atoms with E-state index in [0.29, 0.717) is 34.9 Å². The van der Waals surface area contributed by atoms with E-state index < -0.39 is 11.5 Å². The van der Waals surface area contributed by atoms with Gasteiger partial charge in [0.25, 0.3) is 11.1 Å². The number of thiazole rings is 1. The third-order valence-electron chi connectivity index (χ3n) is 6.77. The van der Waals surface area contributed by atoms with Gasteiger partial charge in [0.2, 0.25) is 0 Å². The van der Waals surface area contributed by atoms with Crippen LogP contribution in [0.4, 0.5) is 16.2 Å². The van der Waals surface area contributed by atoms with Gasteiger partial charge in [-0.05, 0) is 52.8 Å². The quantitative estimate of drug-likeness (QED) is 0.332. The lowest BCUT2D eigenvalue weighted by atomic mass is 10.1. The van der Waals surface area contributed by atoms with Crippen LogP contribution in [0.1, 0.15) is 45.0 Å². The van der Waals surface area contributed by atoms with Crippen molar-refractivity contribution in [1.82, 2.24) is 19.7 Å². The minimum Gasteiger partial charge on any atom is -0.506 e. The second kappa shape index (κ2) is 10.2. The Hall–Kier alpha value is -4.06. The molecule has 1 fully saturated rings. The predicted molar refractivity (Wildman–Crippen MR) is 156 cm³/mol. The number of aryl methyl sites for hydroxylation is 1. The number of phenolic OH excluding ortho intramolecular Hbond substituents is 1. The molecule has 0 radical (unpaired) electrons. The Kier molecular flexibility index (Phi) is 6.99. The largest absolute Gasteiger partial charge is 0.506 e. The standard InChI is InChI=1S/C28H34N6O5S/c1-15-12-33(13-16(2)34(15)27(37)39-28(3,4)5)21-9-8-18(23-24(21)40-26(30-23)38-7)25(36)29-20-10-17-14-32(6)31-19(17)11-22(20)35/h8-11,14-16,35H,12-13H2,1-7H3,(H,29,36)/t15-,16-/m0/s1. The van der Waals surface area contributed by atoms with E-state index in [1.165, 1.54) is 17.4 Å². The average Bonchev–Trinajstić information content (AvgIpc) is 3.44. The molecule has 0 spiro atoms. The lowest BCUT2D eigenvalue weighted by molar-refractivity contribution is 0.00567. The van der Waals surface area contributed by atoms with Gasteiger partial charge in [0.1, 0.15) is 16.9 Å². The molecule has 1 saturated heterocycles. The van der Waals surface area contributed by atoms with E-state index in [4.69, 9.17) is 9.47 Å². The van der Waals surface area contributed by atoms with Crippen molar-refractivity contribution in [3.8, 4) is 10.9 Å². The fourth-order valence-corrected chi connectivity index (χ4v) is 6.11. The molecule has 2 atom stereocenters. The fourth-order valence-electron chi connectivity index (χ4n) is 5.16. The van der Waals surface area contributed by atoms with E-state index in [1.807, 2.05) is 46.9 Å². The molecular weight excluding hydrogens is 532 g/mol. The van der Waals surface area contributed by atoms with Crippen LogP contribution in [0.3, 0.4) is 0 Å². The monoisotopic (exact) mass is 566 g/mol. The van der Waals surface area contributed by atoms with Crippen molar-refractivity contribution in [2.75, 3.05) is 30.4 Å². The van der Waals surface area contributed by atoms with Gasteiger partial charge in [-0.25, -0.2) is 9.78 Å². The number of carbonyl (C=O) groups excluding carboxylic acids is 2. The first-order chi connectivity index (χ1) is 18.8. The van der Waals surface area contributed by atoms with Crippen molar-refractivity contribution in [3.05, 3.63) is 36.0 Å². The van der Waals surface area contributed by atoms with Crippen LogP contribution in [0.2, 0.25) is 0 Å². The molecule has 0 saturated carbocycles. The van der Waals surface area contributed by atoms with Gasteiger partial charge in [-0.15, -0.1) is 0 Å². The van der Waals surface area contributed by atoms with E-state index in [1.54, 1.807) is 35.9 Å². The second-order valence-electron chi connectivity index (χ2n) is 11.2. The molecule has 0 unspecified atom stereocenters. The summed E-state index contributed by atoms with van der Waals surface area (Å²) in [6, 6.07) is 6.65. The van der Waals surface area contributed by atoms with E-state index >= 15 is 0 Å². The molecule has 2 aromatic heterocycles. The van der Waals surface area contributed by atoms with Crippen LogP contribution in [-0.2, 0) is 11.8 Å². The molecule has 4 aromatic rings. The first-order valence-electron chi connectivity index (χ1n) is 13.1. The maximum Gasteiger partial charge on any atom is 0.410 e. The number of rotatable bonds is 4. The molecule has 2 aromatic carbocycles. The molecule has 0 aliphatic carbocycles. The topological polar surface area (TPSA) is 122 Å². The number of anilines is 2. The third-order valence-corrected chi connectivity index (χ3v) is 7.81. The van der Waals surface area contributed by atoms with E-state index in [-0.39, 0.29) is 29.6 Å². The van der Waals surface area contributed by atoms with Crippen molar-refractivity contribution in [1.29, 1.82) is 0 Å². The number of piperazine rings is 1. The third kappa shape index (κ3) is 5.23. The molecule has 2 N–H and O–H groups in total. The lowest BCUT2D eigenvalue weighted by Gasteiger charge is -2.45. The van der Waals surface area contributed by atoms with Gasteiger partial charge in [-0.2, -0.15) is 5.10 Å². The molecule has 2 amide bonds. The normalized spacial score (nSPS) is 17.9. The van der Waals surface area contributed by atoms with Gasteiger partial charge in [-0.1, -0.05) is 11.3 Å². The lowest BCUT2D eigenvalue weighted by Crippen LogP contribution is -2.59. The summed E-state index contributed by atoms with van der Waals surface area (Å²) in [7, 11) is 3.34. The molecule has 212 valence electrons. The average molecular weight is 567 g/mol. The number of benzene rings is 2. The molecule has 11 nitrogen and oxygen atoms in total. The Labute approximate surface area is 236 Å². The maximum atomic E-state index is 13.5. The number of carbonyl (C=O) groups is 2. The number of amides is 2. The number of hydrogen-bond acceptors (Lipinski definition) is 9. The highest BCUT2D eigenvalue weighted by atomic mass is 32.1. The zero-order valence-corrected chi connectivity index (χ0v) is 24.5. The number of hydrogen-bond donors (Lipinski definition) is 2. The molecule has 5 rings (SSSR count). The van der Waals surface area contributed by atoms with Crippen molar-refractivity contribution < 1.29 is 24.2 Å². The van der Waals surface area contributed by atoms with Gasteiger partial charge in [0, 0.05) is 37.8 Å². The fraction of sp³-hybridized carbons (Fsp3) is 0.429. The van der Waals surface area contributed by atoms with Crippen LogP contribution in [0, 0.1) is 0 Å². The zero-order valence-electron chi connectivity index (χ0n) is 23.7. The number of phenols is 1. The summed E-state index contributed by atoms with van der Waals surface area (Å²) >= 11 is 1.36. The summed E-state index contributed by atoms with van der Waals surface area (Å²) in [5, 5.41) is 18.9. The zero-order chi connectivity index (χ0) is 28.9. The molecule has 0 bridgehead atoms. The van der Waals surface area contributed by atoms with Gasteiger partial charge in [-0.3, -0.25) is 14.4 Å².